The number of nitrogens with zero attached hydrogens (tertiary/aromatic N) is 1. The van der Waals surface area contributed by atoms with E-state index in [-0.39, 0.29) is 0 Å². The van der Waals surface area contributed by atoms with Crippen LogP contribution in [-0.2, 0) is 0 Å². The van der Waals surface area contributed by atoms with Crippen LogP contribution in [0.25, 0.3) is 0 Å². The Morgan fingerprint density at radius 3 is 3.00 bits per heavy atom. The van der Waals surface area contributed by atoms with E-state index in [1.165, 1.54) is 6.20 Å². The van der Waals surface area contributed by atoms with Crippen LogP contribution >= 0.6 is 0 Å². The van der Waals surface area contributed by atoms with Gasteiger partial charge in [-0.15, -0.1) is 0 Å². The molecule has 0 bridgehead atoms. The molecule has 1 heterocycles. The Hall–Kier alpha value is -0.900. The average molecular weight is 145 g/mol. The molecule has 0 aliphatic carbocycles. The summed E-state index contributed by atoms with van der Waals surface area (Å²) in [5.74, 6) is 0.463. The molecule has 0 saturated heterocycles. The first-order valence-corrected chi connectivity index (χ1v) is 2.91. The van der Waals surface area contributed by atoms with Gasteiger partial charge in [0.1, 0.15) is 18.5 Å². The number of hydrogen-bond acceptors (Lipinski definition) is 3. The summed E-state index contributed by atoms with van der Waals surface area (Å²) in [4.78, 5) is 0. The third-order valence-electron chi connectivity index (χ3n) is 1.29. The minimum Gasteiger partial charge on any atom is -0.385 e. The number of aryl methyl sites for hydroxylation is 1. The van der Waals surface area contributed by atoms with E-state index in [0.29, 0.717) is 11.3 Å². The molecule has 10 heavy (non-hydrogen) atoms. The van der Waals surface area contributed by atoms with Crippen LogP contribution in [-0.4, -0.2) is 16.9 Å². The second kappa shape index (κ2) is 2.79. The molecule has 56 valence electrons. The van der Waals surface area contributed by atoms with E-state index < -0.39 is 12.8 Å². The van der Waals surface area contributed by atoms with Crippen molar-refractivity contribution in [2.75, 3.05) is 6.67 Å². The zero-order valence-corrected chi connectivity index (χ0v) is 5.54. The number of hydrogen-bond donors (Lipinski definition) is 1. The lowest BCUT2D eigenvalue weighted by molar-refractivity contribution is 0.140. The Morgan fingerprint density at radius 2 is 2.60 bits per heavy atom. The van der Waals surface area contributed by atoms with Gasteiger partial charge in [-0.25, -0.2) is 4.39 Å². The minimum atomic E-state index is -1.09. The van der Waals surface area contributed by atoms with Gasteiger partial charge >= 0.3 is 0 Å². The highest BCUT2D eigenvalue weighted by Gasteiger charge is 2.12. The van der Waals surface area contributed by atoms with E-state index in [1.54, 1.807) is 6.92 Å². The maximum Gasteiger partial charge on any atom is 0.139 e. The summed E-state index contributed by atoms with van der Waals surface area (Å²) in [5, 5.41) is 12.3. The lowest BCUT2D eigenvalue weighted by Crippen LogP contribution is -1.98. The van der Waals surface area contributed by atoms with Crippen molar-refractivity contribution in [1.29, 1.82) is 0 Å². The van der Waals surface area contributed by atoms with Crippen molar-refractivity contribution in [3.05, 3.63) is 17.5 Å². The quantitative estimate of drug-likeness (QED) is 0.674. The van der Waals surface area contributed by atoms with E-state index in [2.05, 4.69) is 9.68 Å². The summed E-state index contributed by atoms with van der Waals surface area (Å²) in [6, 6.07) is 0. The molecule has 1 unspecified atom stereocenters. The highest BCUT2D eigenvalue weighted by atomic mass is 19.1. The molecule has 1 rings (SSSR count). The molecule has 4 heteroatoms. The van der Waals surface area contributed by atoms with Crippen molar-refractivity contribution >= 4 is 0 Å². The molecule has 0 spiro atoms. The zero-order valence-electron chi connectivity index (χ0n) is 5.54. The predicted molar refractivity (Wildman–Crippen MR) is 32.2 cm³/mol. The van der Waals surface area contributed by atoms with E-state index in [4.69, 9.17) is 5.11 Å². The average Bonchev–Trinajstić information content (AvgIpc) is 2.34. The summed E-state index contributed by atoms with van der Waals surface area (Å²) < 4.78 is 16.4. The summed E-state index contributed by atoms with van der Waals surface area (Å²) in [6.07, 6.45) is 0.228. The summed E-state index contributed by atoms with van der Waals surface area (Å²) in [6.45, 7) is 0.823. The van der Waals surface area contributed by atoms with Crippen LogP contribution in [0.3, 0.4) is 0 Å². The molecule has 1 aromatic rings. The lowest BCUT2D eigenvalue weighted by atomic mass is 10.2. The van der Waals surface area contributed by atoms with Gasteiger partial charge in [0, 0.05) is 5.56 Å². The van der Waals surface area contributed by atoms with Gasteiger partial charge in [0.05, 0.1) is 6.20 Å². The molecule has 3 nitrogen and oxygen atoms in total. The fourth-order valence-corrected chi connectivity index (χ4v) is 0.710. The fourth-order valence-electron chi connectivity index (χ4n) is 0.710. The number of halogens is 1. The molecule has 1 aromatic heterocycles. The van der Waals surface area contributed by atoms with Crippen molar-refractivity contribution in [3.8, 4) is 0 Å². The first-order valence-electron chi connectivity index (χ1n) is 2.91. The lowest BCUT2D eigenvalue weighted by Gasteiger charge is -2.00. The molecular formula is C6H8FNO2. The van der Waals surface area contributed by atoms with Crippen molar-refractivity contribution in [1.82, 2.24) is 5.16 Å². The highest BCUT2D eigenvalue weighted by Crippen LogP contribution is 2.16. The number of rotatable bonds is 2. The number of alkyl halides is 1. The van der Waals surface area contributed by atoms with Gasteiger partial charge in [-0.2, -0.15) is 0 Å². The standard InChI is InChI=1S/C6H8FNO2/c1-4-5(3-8-10-4)6(9)2-7/h3,6,9H,2H2,1H3. The molecule has 0 radical (unpaired) electrons. The fraction of sp³-hybridized carbons (Fsp3) is 0.500. The van der Waals surface area contributed by atoms with Crippen LogP contribution in [0, 0.1) is 6.92 Å². The van der Waals surface area contributed by atoms with Crippen molar-refractivity contribution in [3.63, 3.8) is 0 Å². The first kappa shape index (κ1) is 7.21. The Balaban J connectivity index is 2.82. The topological polar surface area (TPSA) is 46.3 Å². The first-order chi connectivity index (χ1) is 4.75. The second-order valence-corrected chi connectivity index (χ2v) is 2.01. The van der Waals surface area contributed by atoms with Crippen LogP contribution < -0.4 is 0 Å². The summed E-state index contributed by atoms with van der Waals surface area (Å²) in [5.41, 5.74) is 0.419. The Morgan fingerprint density at radius 1 is 1.90 bits per heavy atom. The van der Waals surface area contributed by atoms with E-state index in [1.807, 2.05) is 0 Å². The van der Waals surface area contributed by atoms with E-state index in [0.717, 1.165) is 0 Å². The molecule has 0 fully saturated rings. The summed E-state index contributed by atoms with van der Waals surface area (Å²) >= 11 is 0. The largest absolute Gasteiger partial charge is 0.385 e. The molecule has 0 aromatic carbocycles. The Labute approximate surface area is 57.5 Å². The molecule has 0 amide bonds. The molecule has 0 aliphatic heterocycles. The van der Waals surface area contributed by atoms with E-state index >= 15 is 0 Å². The smallest absolute Gasteiger partial charge is 0.139 e. The van der Waals surface area contributed by atoms with Crippen LogP contribution in [0.1, 0.15) is 17.4 Å². The third-order valence-corrected chi connectivity index (χ3v) is 1.29. The zero-order chi connectivity index (χ0) is 7.56. The van der Waals surface area contributed by atoms with Gasteiger partial charge in [0.2, 0.25) is 0 Å². The van der Waals surface area contributed by atoms with Gasteiger partial charge < -0.3 is 9.63 Å². The van der Waals surface area contributed by atoms with E-state index in [9.17, 15) is 4.39 Å². The highest BCUT2D eigenvalue weighted by molar-refractivity contribution is 5.14. The Bertz CT molecular complexity index is 211. The monoisotopic (exact) mass is 145 g/mol. The van der Waals surface area contributed by atoms with Crippen LogP contribution in [0.15, 0.2) is 10.7 Å². The predicted octanol–water partition coefficient (Wildman–Crippen LogP) is 0.986. The van der Waals surface area contributed by atoms with Crippen molar-refractivity contribution in [2.45, 2.75) is 13.0 Å². The van der Waals surface area contributed by atoms with Gasteiger partial charge in [-0.05, 0) is 6.92 Å². The molecule has 0 aliphatic rings. The van der Waals surface area contributed by atoms with Gasteiger partial charge in [-0.1, -0.05) is 5.16 Å². The normalized spacial score (nSPS) is 13.5. The van der Waals surface area contributed by atoms with Gasteiger partial charge in [-0.3, -0.25) is 0 Å². The second-order valence-electron chi connectivity index (χ2n) is 2.01. The maximum atomic E-state index is 11.8. The van der Waals surface area contributed by atoms with Gasteiger partial charge in [0.25, 0.3) is 0 Å². The molecule has 1 N–H and O–H groups in total. The number of aromatic nitrogens is 1. The number of aliphatic hydroxyl groups is 1. The van der Waals surface area contributed by atoms with Crippen molar-refractivity contribution < 1.29 is 14.0 Å². The minimum absolute atomic E-state index is 0.419. The van der Waals surface area contributed by atoms with Crippen LogP contribution in [0.5, 0.6) is 0 Å². The maximum absolute atomic E-state index is 11.8. The SMILES string of the molecule is Cc1oncc1C(O)CF. The number of aliphatic hydroxyl groups excluding tert-OH is 1. The van der Waals surface area contributed by atoms with Crippen LogP contribution in [0.2, 0.25) is 0 Å². The Kier molecular flexibility index (Phi) is 2.01. The third kappa shape index (κ3) is 1.16. The molecule has 0 saturated carbocycles. The summed E-state index contributed by atoms with van der Waals surface area (Å²) in [7, 11) is 0. The van der Waals surface area contributed by atoms with Crippen molar-refractivity contribution in [2.24, 2.45) is 0 Å². The van der Waals surface area contributed by atoms with Gasteiger partial charge in [0.15, 0.2) is 0 Å². The molecule has 1 atom stereocenters. The van der Waals surface area contributed by atoms with Crippen LogP contribution in [0.4, 0.5) is 4.39 Å². The molecular weight excluding hydrogens is 137 g/mol.